The molecule has 0 saturated carbocycles. The largest absolute Gasteiger partial charge is 0.399 e. The number of nitrogen functional groups attached to an aromatic ring is 1. The lowest BCUT2D eigenvalue weighted by atomic mass is 10.1. The van der Waals surface area contributed by atoms with Crippen molar-refractivity contribution in [1.82, 2.24) is 15.0 Å². The van der Waals surface area contributed by atoms with Gasteiger partial charge in [0.05, 0.1) is 11.9 Å². The minimum atomic E-state index is 0.774. The molecule has 0 fully saturated rings. The Bertz CT molecular complexity index is 444. The third-order valence-electron chi connectivity index (χ3n) is 2.55. The lowest BCUT2D eigenvalue weighted by molar-refractivity contribution is 0.557. The Morgan fingerprint density at radius 2 is 2.00 bits per heavy atom. The molecule has 2 aromatic rings. The van der Waals surface area contributed by atoms with Crippen molar-refractivity contribution in [2.45, 2.75) is 26.3 Å². The van der Waals surface area contributed by atoms with Crippen LogP contribution in [0.4, 0.5) is 5.69 Å². The molecule has 2 N–H and O–H groups in total. The van der Waals surface area contributed by atoms with Crippen molar-refractivity contribution < 1.29 is 0 Å². The van der Waals surface area contributed by atoms with Gasteiger partial charge in [-0.1, -0.05) is 30.7 Å². The maximum absolute atomic E-state index is 5.66. The number of nitrogens with zero attached hydrogens (tertiary/aromatic N) is 3. The number of aryl methyl sites for hydroxylation is 1. The van der Waals surface area contributed by atoms with Crippen LogP contribution in [0.1, 0.15) is 19.8 Å². The average Bonchev–Trinajstić information content (AvgIpc) is 2.75. The van der Waals surface area contributed by atoms with E-state index in [4.69, 9.17) is 5.73 Å². The Kier molecular flexibility index (Phi) is 3.19. The van der Waals surface area contributed by atoms with Crippen molar-refractivity contribution >= 4 is 5.69 Å². The molecular formula is C12H16N4. The van der Waals surface area contributed by atoms with Gasteiger partial charge in [-0.3, -0.25) is 0 Å². The number of nitrogens with two attached hydrogens (primary N) is 1. The molecular weight excluding hydrogens is 200 g/mol. The van der Waals surface area contributed by atoms with Gasteiger partial charge >= 0.3 is 0 Å². The van der Waals surface area contributed by atoms with E-state index in [-0.39, 0.29) is 0 Å². The van der Waals surface area contributed by atoms with Gasteiger partial charge in [0.1, 0.15) is 0 Å². The van der Waals surface area contributed by atoms with Crippen LogP contribution < -0.4 is 5.73 Å². The van der Waals surface area contributed by atoms with Crippen molar-refractivity contribution in [3.8, 4) is 11.3 Å². The second-order valence-electron chi connectivity index (χ2n) is 3.82. The molecule has 0 atom stereocenters. The smallest absolute Gasteiger partial charge is 0.0885 e. The molecule has 1 aromatic carbocycles. The summed E-state index contributed by atoms with van der Waals surface area (Å²) in [7, 11) is 0. The Morgan fingerprint density at radius 3 is 2.69 bits per heavy atom. The zero-order valence-corrected chi connectivity index (χ0v) is 9.43. The minimum Gasteiger partial charge on any atom is -0.399 e. The number of hydrogen-bond acceptors (Lipinski definition) is 3. The summed E-state index contributed by atoms with van der Waals surface area (Å²) in [6.45, 7) is 3.08. The highest BCUT2D eigenvalue weighted by molar-refractivity contribution is 5.61. The lowest BCUT2D eigenvalue weighted by Crippen LogP contribution is -2.02. The topological polar surface area (TPSA) is 56.7 Å². The Balaban J connectivity index is 2.26. The van der Waals surface area contributed by atoms with E-state index in [0.717, 1.165) is 36.3 Å². The zero-order valence-electron chi connectivity index (χ0n) is 9.43. The molecule has 0 aliphatic carbocycles. The monoisotopic (exact) mass is 216 g/mol. The summed E-state index contributed by atoms with van der Waals surface area (Å²) in [6, 6.07) is 7.78. The summed E-state index contributed by atoms with van der Waals surface area (Å²) in [5, 5.41) is 8.04. The van der Waals surface area contributed by atoms with Crippen LogP contribution in [0.3, 0.4) is 0 Å². The predicted molar refractivity (Wildman–Crippen MR) is 64.8 cm³/mol. The molecule has 16 heavy (non-hydrogen) atoms. The molecule has 0 aliphatic heterocycles. The van der Waals surface area contributed by atoms with Gasteiger partial charge in [0.2, 0.25) is 0 Å². The molecule has 4 nitrogen and oxygen atoms in total. The van der Waals surface area contributed by atoms with E-state index in [2.05, 4.69) is 17.2 Å². The molecule has 0 amide bonds. The van der Waals surface area contributed by atoms with Crippen LogP contribution in [-0.2, 0) is 6.54 Å². The molecule has 0 unspecified atom stereocenters. The summed E-state index contributed by atoms with van der Waals surface area (Å²) in [5.74, 6) is 0. The number of unbranched alkanes of at least 4 members (excludes halogenated alkanes) is 1. The van der Waals surface area contributed by atoms with Crippen LogP contribution in [0.25, 0.3) is 11.3 Å². The first-order chi connectivity index (χ1) is 7.81. The molecule has 0 spiro atoms. The lowest BCUT2D eigenvalue weighted by Gasteiger charge is -2.05. The third-order valence-corrected chi connectivity index (χ3v) is 2.55. The summed E-state index contributed by atoms with van der Waals surface area (Å²) in [6.07, 6.45) is 4.06. The number of hydrogen-bond donors (Lipinski definition) is 1. The maximum atomic E-state index is 5.66. The minimum absolute atomic E-state index is 0.774. The number of aromatic nitrogens is 3. The van der Waals surface area contributed by atoms with Gasteiger partial charge in [0, 0.05) is 17.8 Å². The predicted octanol–water partition coefficient (Wildman–Crippen LogP) is 2.33. The van der Waals surface area contributed by atoms with Crippen molar-refractivity contribution in [3.05, 3.63) is 30.5 Å². The summed E-state index contributed by atoms with van der Waals surface area (Å²) in [5.41, 5.74) is 8.59. The van der Waals surface area contributed by atoms with Gasteiger partial charge in [-0.25, -0.2) is 4.68 Å². The van der Waals surface area contributed by atoms with Crippen molar-refractivity contribution in [2.75, 3.05) is 5.73 Å². The Morgan fingerprint density at radius 1 is 1.25 bits per heavy atom. The Labute approximate surface area is 95.1 Å². The van der Waals surface area contributed by atoms with Gasteiger partial charge in [0.25, 0.3) is 0 Å². The fourth-order valence-corrected chi connectivity index (χ4v) is 1.61. The summed E-state index contributed by atoms with van der Waals surface area (Å²) in [4.78, 5) is 0. The number of anilines is 1. The zero-order chi connectivity index (χ0) is 11.4. The van der Waals surface area contributed by atoms with E-state index < -0.39 is 0 Å². The third kappa shape index (κ3) is 2.21. The second-order valence-corrected chi connectivity index (χ2v) is 3.82. The molecule has 0 saturated heterocycles. The highest BCUT2D eigenvalue weighted by Gasteiger charge is 2.05. The van der Waals surface area contributed by atoms with Crippen molar-refractivity contribution in [2.24, 2.45) is 0 Å². The molecule has 4 heteroatoms. The molecule has 1 heterocycles. The van der Waals surface area contributed by atoms with E-state index >= 15 is 0 Å². The first-order valence-corrected chi connectivity index (χ1v) is 5.55. The Hall–Kier alpha value is -1.84. The number of benzene rings is 1. The SMILES string of the molecule is CCCCn1nncc1-c1ccc(N)cc1. The molecule has 84 valence electrons. The first-order valence-electron chi connectivity index (χ1n) is 5.55. The second kappa shape index (κ2) is 4.79. The van der Waals surface area contributed by atoms with E-state index in [1.165, 1.54) is 0 Å². The fourth-order valence-electron chi connectivity index (χ4n) is 1.61. The van der Waals surface area contributed by atoms with E-state index in [0.29, 0.717) is 0 Å². The van der Waals surface area contributed by atoms with Gasteiger partial charge in [-0.2, -0.15) is 0 Å². The van der Waals surface area contributed by atoms with Crippen LogP contribution in [0.15, 0.2) is 30.5 Å². The molecule has 2 rings (SSSR count). The molecule has 0 aliphatic rings. The van der Waals surface area contributed by atoms with Crippen LogP contribution in [0.2, 0.25) is 0 Å². The van der Waals surface area contributed by atoms with Crippen LogP contribution >= 0.6 is 0 Å². The van der Waals surface area contributed by atoms with Gasteiger partial charge in [0.15, 0.2) is 0 Å². The highest BCUT2D eigenvalue weighted by atomic mass is 15.4. The van der Waals surface area contributed by atoms with Crippen LogP contribution in [-0.4, -0.2) is 15.0 Å². The van der Waals surface area contributed by atoms with Crippen LogP contribution in [0.5, 0.6) is 0 Å². The van der Waals surface area contributed by atoms with Gasteiger partial charge in [-0.15, -0.1) is 5.10 Å². The van der Waals surface area contributed by atoms with Crippen molar-refractivity contribution in [3.63, 3.8) is 0 Å². The van der Waals surface area contributed by atoms with Crippen molar-refractivity contribution in [1.29, 1.82) is 0 Å². The van der Waals surface area contributed by atoms with E-state index in [9.17, 15) is 0 Å². The van der Waals surface area contributed by atoms with E-state index in [1.54, 1.807) is 6.20 Å². The highest BCUT2D eigenvalue weighted by Crippen LogP contribution is 2.19. The molecule has 1 aromatic heterocycles. The average molecular weight is 216 g/mol. The normalized spacial score (nSPS) is 10.6. The van der Waals surface area contributed by atoms with E-state index in [1.807, 2.05) is 28.9 Å². The molecule has 0 bridgehead atoms. The molecule has 0 radical (unpaired) electrons. The van der Waals surface area contributed by atoms with Gasteiger partial charge in [-0.05, 0) is 18.6 Å². The summed E-state index contributed by atoms with van der Waals surface area (Å²) < 4.78 is 1.94. The fraction of sp³-hybridized carbons (Fsp3) is 0.333. The van der Waals surface area contributed by atoms with Gasteiger partial charge < -0.3 is 5.73 Å². The van der Waals surface area contributed by atoms with Crippen LogP contribution in [0, 0.1) is 0 Å². The maximum Gasteiger partial charge on any atom is 0.0885 e. The standard InChI is InChI=1S/C12H16N4/c1-2-3-8-16-12(9-14-15-16)10-4-6-11(13)7-5-10/h4-7,9H,2-3,8,13H2,1H3. The quantitative estimate of drug-likeness (QED) is 0.798. The number of rotatable bonds is 4. The summed E-state index contributed by atoms with van der Waals surface area (Å²) >= 11 is 0. The first kappa shape index (κ1) is 10.7.